The molecular formula is C14H15N5. The molecule has 0 atom stereocenters. The van der Waals surface area contributed by atoms with Crippen molar-refractivity contribution >= 4 is 10.8 Å². The SMILES string of the molecule is NCCCn1nnnc1-c1ccc2ccccc2c1. The molecule has 0 saturated heterocycles. The second-order valence-electron chi connectivity index (χ2n) is 4.43. The minimum Gasteiger partial charge on any atom is -0.330 e. The number of fused-ring (bicyclic) bond motifs is 1. The number of aromatic nitrogens is 4. The maximum absolute atomic E-state index is 5.53. The molecule has 0 fully saturated rings. The van der Waals surface area contributed by atoms with Gasteiger partial charge in [-0.25, -0.2) is 4.68 Å². The molecule has 0 aliphatic heterocycles. The summed E-state index contributed by atoms with van der Waals surface area (Å²) >= 11 is 0. The van der Waals surface area contributed by atoms with E-state index in [1.807, 2.05) is 18.2 Å². The zero-order valence-electron chi connectivity index (χ0n) is 10.5. The van der Waals surface area contributed by atoms with Crippen molar-refractivity contribution in [3.05, 3.63) is 42.5 Å². The molecule has 0 amide bonds. The standard InChI is InChI=1S/C14H15N5/c15-8-3-9-19-14(16-17-18-19)13-7-6-11-4-1-2-5-12(11)10-13/h1-2,4-7,10H,3,8-9,15H2. The van der Waals surface area contributed by atoms with Crippen LogP contribution in [0.4, 0.5) is 0 Å². The number of rotatable bonds is 4. The van der Waals surface area contributed by atoms with E-state index >= 15 is 0 Å². The van der Waals surface area contributed by atoms with Gasteiger partial charge in [0, 0.05) is 12.1 Å². The van der Waals surface area contributed by atoms with Crippen molar-refractivity contribution in [2.75, 3.05) is 6.54 Å². The van der Waals surface area contributed by atoms with E-state index in [2.05, 4.69) is 39.8 Å². The zero-order chi connectivity index (χ0) is 13.1. The van der Waals surface area contributed by atoms with Crippen LogP contribution < -0.4 is 5.73 Å². The van der Waals surface area contributed by atoms with E-state index in [9.17, 15) is 0 Å². The van der Waals surface area contributed by atoms with Gasteiger partial charge in [-0.3, -0.25) is 0 Å². The summed E-state index contributed by atoms with van der Waals surface area (Å²) in [4.78, 5) is 0. The Morgan fingerprint density at radius 1 is 1.05 bits per heavy atom. The maximum Gasteiger partial charge on any atom is 0.182 e. The Morgan fingerprint density at radius 3 is 2.74 bits per heavy atom. The van der Waals surface area contributed by atoms with Gasteiger partial charge in [0.2, 0.25) is 0 Å². The number of tetrazole rings is 1. The molecular weight excluding hydrogens is 238 g/mol. The van der Waals surface area contributed by atoms with E-state index in [4.69, 9.17) is 5.73 Å². The average Bonchev–Trinajstić information content (AvgIpc) is 2.93. The molecule has 0 unspecified atom stereocenters. The van der Waals surface area contributed by atoms with Crippen LogP contribution in [-0.4, -0.2) is 26.8 Å². The Hall–Kier alpha value is -2.27. The zero-order valence-corrected chi connectivity index (χ0v) is 10.5. The van der Waals surface area contributed by atoms with Gasteiger partial charge in [-0.1, -0.05) is 36.4 Å². The van der Waals surface area contributed by atoms with Crippen molar-refractivity contribution in [3.8, 4) is 11.4 Å². The fourth-order valence-corrected chi connectivity index (χ4v) is 2.13. The number of hydrogen-bond acceptors (Lipinski definition) is 4. The first-order chi connectivity index (χ1) is 9.38. The van der Waals surface area contributed by atoms with Gasteiger partial charge in [0.05, 0.1) is 0 Å². The molecule has 0 saturated carbocycles. The second-order valence-corrected chi connectivity index (χ2v) is 4.43. The largest absolute Gasteiger partial charge is 0.330 e. The molecule has 96 valence electrons. The Labute approximate surface area is 111 Å². The molecule has 2 N–H and O–H groups in total. The Bertz CT molecular complexity index is 689. The number of nitrogens with two attached hydrogens (primary N) is 1. The van der Waals surface area contributed by atoms with Crippen molar-refractivity contribution in [2.24, 2.45) is 5.73 Å². The summed E-state index contributed by atoms with van der Waals surface area (Å²) in [6.07, 6.45) is 0.867. The highest BCUT2D eigenvalue weighted by Gasteiger charge is 2.08. The topological polar surface area (TPSA) is 69.6 Å². The minimum absolute atomic E-state index is 0.636. The Kier molecular flexibility index (Phi) is 3.20. The van der Waals surface area contributed by atoms with Gasteiger partial charge in [-0.15, -0.1) is 5.10 Å². The molecule has 5 heteroatoms. The summed E-state index contributed by atoms with van der Waals surface area (Å²) in [5.41, 5.74) is 6.55. The summed E-state index contributed by atoms with van der Waals surface area (Å²) in [6, 6.07) is 14.5. The van der Waals surface area contributed by atoms with E-state index < -0.39 is 0 Å². The summed E-state index contributed by atoms with van der Waals surface area (Å²) < 4.78 is 1.80. The predicted octanol–water partition coefficient (Wildman–Crippen LogP) is 1.84. The first-order valence-electron chi connectivity index (χ1n) is 6.34. The van der Waals surface area contributed by atoms with Crippen molar-refractivity contribution in [1.82, 2.24) is 20.2 Å². The maximum atomic E-state index is 5.53. The molecule has 0 spiro atoms. The van der Waals surface area contributed by atoms with Gasteiger partial charge < -0.3 is 5.73 Å². The molecule has 19 heavy (non-hydrogen) atoms. The number of aryl methyl sites for hydroxylation is 1. The lowest BCUT2D eigenvalue weighted by Crippen LogP contribution is -2.08. The highest BCUT2D eigenvalue weighted by Crippen LogP contribution is 2.22. The highest BCUT2D eigenvalue weighted by atomic mass is 15.5. The van der Waals surface area contributed by atoms with Crippen LogP contribution in [0.3, 0.4) is 0 Å². The number of hydrogen-bond donors (Lipinski definition) is 1. The van der Waals surface area contributed by atoms with Crippen LogP contribution >= 0.6 is 0 Å². The predicted molar refractivity (Wildman–Crippen MR) is 74.4 cm³/mol. The lowest BCUT2D eigenvalue weighted by atomic mass is 10.1. The van der Waals surface area contributed by atoms with E-state index in [-0.39, 0.29) is 0 Å². The monoisotopic (exact) mass is 253 g/mol. The minimum atomic E-state index is 0.636. The van der Waals surface area contributed by atoms with Crippen molar-refractivity contribution in [1.29, 1.82) is 0 Å². The van der Waals surface area contributed by atoms with Crippen LogP contribution in [0.15, 0.2) is 42.5 Å². The highest BCUT2D eigenvalue weighted by molar-refractivity contribution is 5.86. The van der Waals surface area contributed by atoms with Crippen LogP contribution in [0.25, 0.3) is 22.2 Å². The molecule has 2 aromatic carbocycles. The van der Waals surface area contributed by atoms with Crippen molar-refractivity contribution in [2.45, 2.75) is 13.0 Å². The van der Waals surface area contributed by atoms with Gasteiger partial charge in [0.15, 0.2) is 5.82 Å². The Morgan fingerprint density at radius 2 is 1.89 bits per heavy atom. The lowest BCUT2D eigenvalue weighted by Gasteiger charge is -2.05. The van der Waals surface area contributed by atoms with Crippen LogP contribution in [0.2, 0.25) is 0 Å². The van der Waals surface area contributed by atoms with Gasteiger partial charge in [0.25, 0.3) is 0 Å². The lowest BCUT2D eigenvalue weighted by molar-refractivity contribution is 0.568. The van der Waals surface area contributed by atoms with Crippen LogP contribution in [0, 0.1) is 0 Å². The van der Waals surface area contributed by atoms with Gasteiger partial charge in [-0.2, -0.15) is 0 Å². The van der Waals surface area contributed by atoms with Crippen LogP contribution in [-0.2, 0) is 6.54 Å². The molecule has 5 nitrogen and oxygen atoms in total. The summed E-state index contributed by atoms with van der Waals surface area (Å²) in [5.74, 6) is 0.791. The smallest absolute Gasteiger partial charge is 0.182 e. The fourth-order valence-electron chi connectivity index (χ4n) is 2.13. The van der Waals surface area contributed by atoms with E-state index in [0.29, 0.717) is 6.54 Å². The first kappa shape index (κ1) is 11.8. The summed E-state index contributed by atoms with van der Waals surface area (Å²) in [5, 5.41) is 14.3. The van der Waals surface area contributed by atoms with E-state index in [1.165, 1.54) is 10.8 Å². The molecule has 1 heterocycles. The molecule has 0 aliphatic carbocycles. The quantitative estimate of drug-likeness (QED) is 0.770. The van der Waals surface area contributed by atoms with Gasteiger partial charge >= 0.3 is 0 Å². The second kappa shape index (κ2) is 5.16. The molecule has 0 radical (unpaired) electrons. The fraction of sp³-hybridized carbons (Fsp3) is 0.214. The van der Waals surface area contributed by atoms with Gasteiger partial charge in [-0.05, 0) is 40.2 Å². The van der Waals surface area contributed by atoms with Crippen molar-refractivity contribution < 1.29 is 0 Å². The van der Waals surface area contributed by atoms with Crippen LogP contribution in [0.1, 0.15) is 6.42 Å². The average molecular weight is 253 g/mol. The van der Waals surface area contributed by atoms with E-state index in [0.717, 1.165) is 24.4 Å². The molecule has 3 aromatic rings. The van der Waals surface area contributed by atoms with Crippen molar-refractivity contribution in [3.63, 3.8) is 0 Å². The normalized spacial score (nSPS) is 11.0. The molecule has 3 rings (SSSR count). The number of benzene rings is 2. The Balaban J connectivity index is 2.01. The van der Waals surface area contributed by atoms with E-state index in [1.54, 1.807) is 4.68 Å². The number of nitrogens with zero attached hydrogens (tertiary/aromatic N) is 4. The molecule has 1 aromatic heterocycles. The third-order valence-corrected chi connectivity index (χ3v) is 3.11. The third-order valence-electron chi connectivity index (χ3n) is 3.11. The molecule has 0 aliphatic rings. The van der Waals surface area contributed by atoms with Gasteiger partial charge in [0.1, 0.15) is 0 Å². The third kappa shape index (κ3) is 2.32. The van der Waals surface area contributed by atoms with Crippen LogP contribution in [0.5, 0.6) is 0 Å². The first-order valence-corrected chi connectivity index (χ1v) is 6.34. The molecule has 0 bridgehead atoms. The summed E-state index contributed by atoms with van der Waals surface area (Å²) in [6.45, 7) is 1.38. The summed E-state index contributed by atoms with van der Waals surface area (Å²) in [7, 11) is 0.